The largest absolute Gasteiger partial charge is 0.426 e. The molecule has 1 unspecified atom stereocenters. The molecule has 0 bridgehead atoms. The molecule has 39 heavy (non-hydrogen) atoms. The van der Waals surface area contributed by atoms with E-state index in [2.05, 4.69) is 0 Å². The first-order valence-corrected chi connectivity index (χ1v) is 14.8. The number of aryl methyl sites for hydroxylation is 1. The molecule has 212 valence electrons. The summed E-state index contributed by atoms with van der Waals surface area (Å²) < 4.78 is 92.9. The number of nitrogens with two attached hydrogens (primary N) is 1. The number of carbonyl (C=O) groups is 1. The van der Waals surface area contributed by atoms with E-state index in [1.165, 1.54) is 24.3 Å². The Kier molecular flexibility index (Phi) is 6.65. The molecule has 5 nitrogen and oxygen atoms in total. The van der Waals surface area contributed by atoms with Gasteiger partial charge in [0.2, 0.25) is 11.6 Å². The number of amides is 1. The molecule has 1 amide bonds. The normalized spacial score (nSPS) is 27.4. The average molecular weight is 571 g/mol. The van der Waals surface area contributed by atoms with Crippen LogP contribution in [-0.4, -0.2) is 55.0 Å². The van der Waals surface area contributed by atoms with Crippen molar-refractivity contribution in [2.75, 3.05) is 18.1 Å². The maximum absolute atomic E-state index is 14.8. The predicted molar refractivity (Wildman–Crippen MR) is 136 cm³/mol. The maximum atomic E-state index is 14.8. The van der Waals surface area contributed by atoms with Crippen molar-refractivity contribution in [2.24, 2.45) is 5.73 Å². The number of sulfone groups is 1. The SMILES string of the molecule is CC(F)(c1ccc2c(c1)CC[C@H]1N(C(=O)C3(N)CCS(=O)(=O)CC3)CC[C@@]21Cc1ccc(F)cc1)C(F)(F)F. The minimum Gasteiger partial charge on any atom is -0.337 e. The summed E-state index contributed by atoms with van der Waals surface area (Å²) in [5.41, 5.74) is 2.62. The van der Waals surface area contributed by atoms with Crippen LogP contribution in [0.1, 0.15) is 54.9 Å². The van der Waals surface area contributed by atoms with Crippen molar-refractivity contribution < 1.29 is 35.2 Å². The van der Waals surface area contributed by atoms with E-state index in [4.69, 9.17) is 5.73 Å². The third kappa shape index (κ3) is 4.75. The topological polar surface area (TPSA) is 80.5 Å². The van der Waals surface area contributed by atoms with Crippen molar-refractivity contribution in [2.45, 2.75) is 74.3 Å². The predicted octanol–water partition coefficient (Wildman–Crippen LogP) is 4.51. The van der Waals surface area contributed by atoms with Crippen LogP contribution < -0.4 is 5.73 Å². The minimum atomic E-state index is -5.08. The highest BCUT2D eigenvalue weighted by Crippen LogP contribution is 2.51. The number of benzene rings is 2. The minimum absolute atomic E-state index is 0.0226. The Bertz CT molecular complexity index is 1380. The number of nitrogens with zero attached hydrogens (tertiary/aromatic N) is 1. The fraction of sp³-hybridized carbons (Fsp3) is 0.536. The van der Waals surface area contributed by atoms with Gasteiger partial charge in [-0.25, -0.2) is 17.2 Å². The number of hydrogen-bond acceptors (Lipinski definition) is 4. The summed E-state index contributed by atoms with van der Waals surface area (Å²) in [6, 6.07) is 9.60. The Morgan fingerprint density at radius 1 is 1.05 bits per heavy atom. The number of alkyl halides is 4. The lowest BCUT2D eigenvalue weighted by Crippen LogP contribution is -2.61. The summed E-state index contributed by atoms with van der Waals surface area (Å²) in [5.74, 6) is -1.06. The van der Waals surface area contributed by atoms with Crippen molar-refractivity contribution in [3.05, 3.63) is 70.5 Å². The van der Waals surface area contributed by atoms with E-state index < -0.39 is 44.0 Å². The molecule has 2 heterocycles. The van der Waals surface area contributed by atoms with Gasteiger partial charge < -0.3 is 10.6 Å². The van der Waals surface area contributed by atoms with E-state index in [1.807, 2.05) is 0 Å². The second kappa shape index (κ2) is 9.26. The Labute approximate surface area is 224 Å². The highest BCUT2D eigenvalue weighted by molar-refractivity contribution is 7.91. The van der Waals surface area contributed by atoms with Gasteiger partial charge in [0.15, 0.2) is 0 Å². The number of carbonyl (C=O) groups excluding carboxylic acids is 1. The molecule has 11 heteroatoms. The molecular weight excluding hydrogens is 539 g/mol. The van der Waals surface area contributed by atoms with Gasteiger partial charge in [0.05, 0.1) is 17.0 Å². The maximum Gasteiger partial charge on any atom is 0.426 e. The molecule has 3 aliphatic rings. The number of fused-ring (bicyclic) bond motifs is 3. The quantitative estimate of drug-likeness (QED) is 0.549. The lowest BCUT2D eigenvalue weighted by atomic mass is 9.63. The van der Waals surface area contributed by atoms with E-state index in [0.29, 0.717) is 44.7 Å². The molecular formula is C28H31F5N2O3S. The zero-order valence-electron chi connectivity index (χ0n) is 21.5. The monoisotopic (exact) mass is 570 g/mol. The zero-order valence-corrected chi connectivity index (χ0v) is 22.3. The smallest absolute Gasteiger partial charge is 0.337 e. The first kappa shape index (κ1) is 28.0. The van der Waals surface area contributed by atoms with Crippen molar-refractivity contribution in [3.8, 4) is 0 Å². The molecule has 1 aliphatic carbocycles. The number of hydrogen-bond donors (Lipinski definition) is 1. The Morgan fingerprint density at radius 2 is 1.69 bits per heavy atom. The molecule has 2 aromatic carbocycles. The van der Waals surface area contributed by atoms with Gasteiger partial charge >= 0.3 is 6.18 Å². The fourth-order valence-corrected chi connectivity index (χ4v) is 8.19. The molecule has 2 saturated heterocycles. The standard InChI is InChI=1S/C28H31F5N2O3S/c1-25(30,28(31,32)33)20-5-8-22-19(16-20)4-9-23-26(22,17-18-2-6-21(29)7-3-18)10-13-35(23)24(36)27(34)11-14-39(37,38)15-12-27/h2-3,5-8,16,23H,4,9-15,17,34H2,1H3/t23-,25?,26-/m1/s1. The molecule has 2 aliphatic heterocycles. The van der Waals surface area contributed by atoms with Crippen LogP contribution >= 0.6 is 0 Å². The van der Waals surface area contributed by atoms with Gasteiger partial charge in [-0.1, -0.05) is 30.3 Å². The highest BCUT2D eigenvalue weighted by Gasteiger charge is 2.57. The second-order valence-corrected chi connectivity index (χ2v) is 13.7. The number of rotatable bonds is 4. The number of halogens is 5. The third-order valence-electron chi connectivity index (χ3n) is 9.05. The van der Waals surface area contributed by atoms with E-state index in [9.17, 15) is 35.2 Å². The third-order valence-corrected chi connectivity index (χ3v) is 10.7. The van der Waals surface area contributed by atoms with E-state index >= 15 is 0 Å². The Hall–Kier alpha value is -2.53. The van der Waals surface area contributed by atoms with Gasteiger partial charge in [-0.05, 0) is 79.8 Å². The molecule has 5 rings (SSSR count). The molecule has 0 saturated carbocycles. The highest BCUT2D eigenvalue weighted by atomic mass is 32.2. The molecule has 2 aromatic rings. The molecule has 0 aromatic heterocycles. The molecule has 0 spiro atoms. The molecule has 3 atom stereocenters. The summed E-state index contributed by atoms with van der Waals surface area (Å²) in [6.07, 6.45) is -3.40. The summed E-state index contributed by atoms with van der Waals surface area (Å²) in [5, 5.41) is 0. The van der Waals surface area contributed by atoms with Gasteiger partial charge in [0, 0.05) is 18.0 Å². The molecule has 2 fully saturated rings. The van der Waals surface area contributed by atoms with Crippen LogP contribution in [0, 0.1) is 5.82 Å². The Balaban J connectivity index is 1.55. The first-order chi connectivity index (χ1) is 18.1. The van der Waals surface area contributed by atoms with Crippen LogP contribution in [0.3, 0.4) is 0 Å². The lowest BCUT2D eigenvalue weighted by Gasteiger charge is -2.46. The van der Waals surface area contributed by atoms with Gasteiger partial charge in [-0.3, -0.25) is 4.79 Å². The van der Waals surface area contributed by atoms with Crippen molar-refractivity contribution in [1.29, 1.82) is 0 Å². The van der Waals surface area contributed by atoms with Gasteiger partial charge in [0.25, 0.3) is 0 Å². The summed E-state index contributed by atoms with van der Waals surface area (Å²) in [7, 11) is -3.25. The van der Waals surface area contributed by atoms with Crippen LogP contribution in [0.15, 0.2) is 42.5 Å². The van der Waals surface area contributed by atoms with Crippen LogP contribution in [0.5, 0.6) is 0 Å². The van der Waals surface area contributed by atoms with E-state index in [1.54, 1.807) is 23.1 Å². The Morgan fingerprint density at radius 3 is 2.31 bits per heavy atom. The average Bonchev–Trinajstić information content (AvgIpc) is 3.25. The lowest BCUT2D eigenvalue weighted by molar-refractivity contribution is -0.228. The zero-order chi connectivity index (χ0) is 28.4. The van der Waals surface area contributed by atoms with Crippen LogP contribution in [0.25, 0.3) is 0 Å². The van der Waals surface area contributed by atoms with Gasteiger partial charge in [0.1, 0.15) is 15.7 Å². The van der Waals surface area contributed by atoms with Crippen LogP contribution in [0.4, 0.5) is 22.0 Å². The van der Waals surface area contributed by atoms with Crippen molar-refractivity contribution in [1.82, 2.24) is 4.90 Å². The fourth-order valence-electron chi connectivity index (χ4n) is 6.63. The van der Waals surface area contributed by atoms with Crippen molar-refractivity contribution in [3.63, 3.8) is 0 Å². The summed E-state index contributed by atoms with van der Waals surface area (Å²) in [6.45, 7) is 0.844. The first-order valence-electron chi connectivity index (χ1n) is 13.0. The van der Waals surface area contributed by atoms with Crippen LogP contribution in [0.2, 0.25) is 0 Å². The second-order valence-electron chi connectivity index (χ2n) is 11.4. The van der Waals surface area contributed by atoms with E-state index in [-0.39, 0.29) is 36.3 Å². The molecule has 2 N–H and O–H groups in total. The molecule has 0 radical (unpaired) electrons. The number of likely N-dealkylation sites (tertiary alicyclic amines) is 1. The summed E-state index contributed by atoms with van der Waals surface area (Å²) >= 11 is 0. The van der Waals surface area contributed by atoms with Gasteiger partial charge in [-0.15, -0.1) is 0 Å². The van der Waals surface area contributed by atoms with Gasteiger partial charge in [-0.2, -0.15) is 13.2 Å². The summed E-state index contributed by atoms with van der Waals surface area (Å²) in [4.78, 5) is 15.5. The van der Waals surface area contributed by atoms with Crippen molar-refractivity contribution >= 4 is 15.7 Å². The van der Waals surface area contributed by atoms with E-state index in [0.717, 1.165) is 11.1 Å². The van der Waals surface area contributed by atoms with Crippen LogP contribution in [-0.2, 0) is 38.6 Å².